The topological polar surface area (TPSA) is 132 Å². The molecule has 26 heavy (non-hydrogen) atoms. The minimum absolute atomic E-state index is 0.261. The van der Waals surface area contributed by atoms with Gasteiger partial charge in [-0.3, -0.25) is 0 Å². The maximum atomic E-state index is 14.8. The van der Waals surface area contributed by atoms with Gasteiger partial charge in [0.05, 0.1) is 51.4 Å². The van der Waals surface area contributed by atoms with Gasteiger partial charge in [-0.25, -0.2) is 13.8 Å². The van der Waals surface area contributed by atoms with Crippen LogP contribution in [0.1, 0.15) is 23.4 Å². The van der Waals surface area contributed by atoms with Crippen LogP contribution in [-0.4, -0.2) is 77.4 Å². The average molecular weight is 368 g/mol. The van der Waals surface area contributed by atoms with Crippen LogP contribution in [0.2, 0.25) is 0 Å². The van der Waals surface area contributed by atoms with E-state index in [2.05, 4.69) is 20.6 Å². The van der Waals surface area contributed by atoms with Crippen molar-refractivity contribution in [1.82, 2.24) is 30.0 Å². The Morgan fingerprint density at radius 1 is 0.923 bits per heavy atom. The maximum absolute atomic E-state index is 14.8. The maximum Gasteiger partial charge on any atom is 0.147 e. The lowest BCUT2D eigenvalue weighted by Crippen LogP contribution is -2.13. The summed E-state index contributed by atoms with van der Waals surface area (Å²) in [4.78, 5) is 0. The standard InChI is InChI=1S/C14H26BFN8O2/c15-13(11-9-23(21-19-11)3-7-25-5-1-17)14(16)12-10-24(22-20-12)4-8-26-6-2-18/h9-10,13-14H,1-8,15,17-18H2. The summed E-state index contributed by atoms with van der Waals surface area (Å²) < 4.78 is 28.5. The van der Waals surface area contributed by atoms with E-state index in [1.54, 1.807) is 29.6 Å². The lowest BCUT2D eigenvalue weighted by Gasteiger charge is -2.11. The molecule has 2 rings (SSSR count). The van der Waals surface area contributed by atoms with Crippen LogP contribution in [0.15, 0.2) is 12.4 Å². The van der Waals surface area contributed by atoms with Gasteiger partial charge in [0.2, 0.25) is 0 Å². The molecule has 4 N–H and O–H groups in total. The Bertz CT molecular complexity index is 586. The van der Waals surface area contributed by atoms with Gasteiger partial charge in [-0.05, 0) is 0 Å². The number of halogens is 1. The summed E-state index contributed by atoms with van der Waals surface area (Å²) >= 11 is 0. The molecule has 0 bridgehead atoms. The number of aromatic nitrogens is 6. The molecule has 0 spiro atoms. The van der Waals surface area contributed by atoms with Crippen molar-refractivity contribution in [3.05, 3.63) is 23.8 Å². The highest BCUT2D eigenvalue weighted by molar-refractivity contribution is 6.12. The van der Waals surface area contributed by atoms with Gasteiger partial charge in [-0.1, -0.05) is 10.4 Å². The van der Waals surface area contributed by atoms with Gasteiger partial charge in [0.1, 0.15) is 19.7 Å². The van der Waals surface area contributed by atoms with Crippen molar-refractivity contribution in [2.45, 2.75) is 25.1 Å². The molecule has 10 nitrogen and oxygen atoms in total. The minimum Gasteiger partial charge on any atom is -0.378 e. The molecule has 2 heterocycles. The Morgan fingerprint density at radius 3 is 1.96 bits per heavy atom. The van der Waals surface area contributed by atoms with Gasteiger partial charge in [0, 0.05) is 25.1 Å². The van der Waals surface area contributed by atoms with Crippen molar-refractivity contribution >= 4 is 7.85 Å². The second-order valence-electron chi connectivity index (χ2n) is 5.81. The van der Waals surface area contributed by atoms with Crippen LogP contribution >= 0.6 is 0 Å². The highest BCUT2D eigenvalue weighted by Crippen LogP contribution is 2.29. The Hall–Kier alpha value is -1.89. The van der Waals surface area contributed by atoms with Crippen LogP contribution in [0, 0.1) is 0 Å². The number of alkyl halides is 1. The molecule has 2 atom stereocenters. The molecule has 0 radical (unpaired) electrons. The molecule has 2 unspecified atom stereocenters. The van der Waals surface area contributed by atoms with E-state index >= 15 is 0 Å². The first-order valence-corrected chi connectivity index (χ1v) is 8.65. The van der Waals surface area contributed by atoms with Gasteiger partial charge < -0.3 is 20.9 Å². The van der Waals surface area contributed by atoms with E-state index < -0.39 is 12.0 Å². The van der Waals surface area contributed by atoms with Crippen molar-refractivity contribution in [2.24, 2.45) is 11.5 Å². The lowest BCUT2D eigenvalue weighted by atomic mass is 9.80. The molecule has 0 saturated heterocycles. The Morgan fingerprint density at radius 2 is 1.42 bits per heavy atom. The molecule has 0 amide bonds. The summed E-state index contributed by atoms with van der Waals surface area (Å²) in [6.45, 7) is 3.88. The number of nitrogens with zero attached hydrogens (tertiary/aromatic N) is 6. The van der Waals surface area contributed by atoms with E-state index in [0.29, 0.717) is 58.3 Å². The van der Waals surface area contributed by atoms with Crippen molar-refractivity contribution in [2.75, 3.05) is 39.5 Å². The number of hydrogen-bond acceptors (Lipinski definition) is 8. The van der Waals surface area contributed by atoms with E-state index in [-0.39, 0.29) is 5.69 Å². The van der Waals surface area contributed by atoms with Crippen molar-refractivity contribution < 1.29 is 13.9 Å². The summed E-state index contributed by atoms with van der Waals surface area (Å²) in [6, 6.07) is 0. The van der Waals surface area contributed by atoms with Gasteiger partial charge in [0.25, 0.3) is 0 Å². The highest BCUT2D eigenvalue weighted by atomic mass is 19.1. The highest BCUT2D eigenvalue weighted by Gasteiger charge is 2.25. The molecule has 144 valence electrons. The molecule has 0 fully saturated rings. The van der Waals surface area contributed by atoms with Crippen molar-refractivity contribution in [3.63, 3.8) is 0 Å². The fourth-order valence-corrected chi connectivity index (χ4v) is 2.27. The van der Waals surface area contributed by atoms with Gasteiger partial charge in [-0.15, -0.1) is 10.2 Å². The fourth-order valence-electron chi connectivity index (χ4n) is 2.27. The summed E-state index contributed by atoms with van der Waals surface area (Å²) in [5, 5.41) is 15.9. The number of nitrogens with two attached hydrogens (primary N) is 2. The van der Waals surface area contributed by atoms with Crippen LogP contribution < -0.4 is 11.5 Å². The first-order valence-electron chi connectivity index (χ1n) is 8.65. The predicted molar refractivity (Wildman–Crippen MR) is 94.9 cm³/mol. The molecule has 0 saturated carbocycles. The lowest BCUT2D eigenvalue weighted by molar-refractivity contribution is 0.130. The van der Waals surface area contributed by atoms with E-state index in [4.69, 9.17) is 20.9 Å². The third kappa shape index (κ3) is 6.13. The van der Waals surface area contributed by atoms with Crippen LogP contribution in [0.5, 0.6) is 0 Å². The summed E-state index contributed by atoms with van der Waals surface area (Å²) in [5.74, 6) is -0.493. The average Bonchev–Trinajstić information content (AvgIpc) is 3.31. The minimum atomic E-state index is -1.33. The third-order valence-corrected chi connectivity index (χ3v) is 3.75. The van der Waals surface area contributed by atoms with Crippen LogP contribution in [0.25, 0.3) is 0 Å². The van der Waals surface area contributed by atoms with Crippen molar-refractivity contribution in [3.8, 4) is 0 Å². The van der Waals surface area contributed by atoms with Gasteiger partial charge in [0.15, 0.2) is 0 Å². The summed E-state index contributed by atoms with van der Waals surface area (Å²) in [6.07, 6.45) is 1.97. The monoisotopic (exact) mass is 368 g/mol. The fraction of sp³-hybridized carbons (Fsp3) is 0.714. The second kappa shape index (κ2) is 11.0. The normalized spacial score (nSPS) is 13.8. The SMILES string of the molecule is BC(c1cn(CCOCCN)nn1)C(F)c1cn(CCOCCN)nn1. The van der Waals surface area contributed by atoms with E-state index in [0.717, 1.165) is 0 Å². The molecule has 12 heteroatoms. The number of rotatable bonds is 13. The Kier molecular flexibility index (Phi) is 8.61. The van der Waals surface area contributed by atoms with Crippen molar-refractivity contribution in [1.29, 1.82) is 0 Å². The number of hydrogen-bond donors (Lipinski definition) is 2. The molecule has 0 aromatic carbocycles. The smallest absolute Gasteiger partial charge is 0.147 e. The molecular formula is C14H26BFN8O2. The van der Waals surface area contributed by atoms with Crippen LogP contribution in [0.3, 0.4) is 0 Å². The van der Waals surface area contributed by atoms with Crippen LogP contribution in [0.4, 0.5) is 4.39 Å². The molecule has 0 aliphatic rings. The van der Waals surface area contributed by atoms with Gasteiger partial charge >= 0.3 is 0 Å². The zero-order valence-electron chi connectivity index (χ0n) is 15.0. The molecule has 0 aliphatic carbocycles. The Labute approximate surface area is 152 Å². The number of ether oxygens (including phenoxy) is 2. The zero-order chi connectivity index (χ0) is 18.8. The van der Waals surface area contributed by atoms with E-state index in [1.807, 2.05) is 0 Å². The molecule has 2 aromatic rings. The first-order chi connectivity index (χ1) is 12.7. The van der Waals surface area contributed by atoms with E-state index in [9.17, 15) is 4.39 Å². The van der Waals surface area contributed by atoms with E-state index in [1.165, 1.54) is 0 Å². The molecule has 0 aliphatic heterocycles. The van der Waals surface area contributed by atoms with Crippen LogP contribution in [-0.2, 0) is 22.6 Å². The summed E-state index contributed by atoms with van der Waals surface area (Å²) in [7, 11) is 1.74. The molecular weight excluding hydrogens is 342 g/mol. The first kappa shape index (κ1) is 20.4. The Balaban J connectivity index is 1.85. The molecule has 2 aromatic heterocycles. The van der Waals surface area contributed by atoms with Gasteiger partial charge in [-0.2, -0.15) is 0 Å². The summed E-state index contributed by atoms with van der Waals surface area (Å²) in [5.41, 5.74) is 11.5. The largest absolute Gasteiger partial charge is 0.378 e. The predicted octanol–water partition coefficient (Wildman–Crippen LogP) is -1.79. The zero-order valence-corrected chi connectivity index (χ0v) is 15.0. The quantitative estimate of drug-likeness (QED) is 0.313. The second-order valence-corrected chi connectivity index (χ2v) is 5.81. The third-order valence-electron chi connectivity index (χ3n) is 3.75.